The summed E-state index contributed by atoms with van der Waals surface area (Å²) in [5.41, 5.74) is 7.58. The Balaban J connectivity index is 1.80. The van der Waals surface area contributed by atoms with Crippen molar-refractivity contribution in [3.05, 3.63) is 77.9 Å². The predicted octanol–water partition coefficient (Wildman–Crippen LogP) is 5.78. The van der Waals surface area contributed by atoms with Crippen molar-refractivity contribution in [2.24, 2.45) is 0 Å². The summed E-state index contributed by atoms with van der Waals surface area (Å²) in [6, 6.07) is 22.8. The molecule has 0 amide bonds. The SMILES string of the molecule is Cc1ccc(-c2nc3cc(-c4ccccc4)ccc3o2)cc1C. The van der Waals surface area contributed by atoms with Crippen molar-refractivity contribution in [1.29, 1.82) is 0 Å². The van der Waals surface area contributed by atoms with Crippen LogP contribution in [-0.2, 0) is 0 Å². The van der Waals surface area contributed by atoms with E-state index in [4.69, 9.17) is 4.42 Å². The Morgan fingerprint density at radius 1 is 0.696 bits per heavy atom. The lowest BCUT2D eigenvalue weighted by molar-refractivity contribution is 0.620. The lowest BCUT2D eigenvalue weighted by Gasteiger charge is -2.01. The Kier molecular flexibility index (Phi) is 3.23. The van der Waals surface area contributed by atoms with Gasteiger partial charge in [-0.15, -0.1) is 0 Å². The second kappa shape index (κ2) is 5.40. The van der Waals surface area contributed by atoms with Crippen molar-refractivity contribution >= 4 is 11.1 Å². The fourth-order valence-corrected chi connectivity index (χ4v) is 2.74. The molecule has 0 unspecified atom stereocenters. The first-order valence-corrected chi connectivity index (χ1v) is 7.74. The second-order valence-corrected chi connectivity index (χ2v) is 5.87. The molecule has 0 N–H and O–H groups in total. The maximum atomic E-state index is 5.93. The number of nitrogens with zero attached hydrogens (tertiary/aromatic N) is 1. The van der Waals surface area contributed by atoms with Crippen LogP contribution in [0, 0.1) is 13.8 Å². The lowest BCUT2D eigenvalue weighted by atomic mass is 10.1. The van der Waals surface area contributed by atoms with Gasteiger partial charge in [0.1, 0.15) is 5.52 Å². The van der Waals surface area contributed by atoms with Gasteiger partial charge in [0.05, 0.1) is 0 Å². The van der Waals surface area contributed by atoms with Crippen LogP contribution in [-0.4, -0.2) is 4.98 Å². The molecule has 2 nitrogen and oxygen atoms in total. The van der Waals surface area contributed by atoms with Crippen LogP contribution in [0.3, 0.4) is 0 Å². The van der Waals surface area contributed by atoms with Crippen molar-refractivity contribution in [1.82, 2.24) is 4.98 Å². The minimum Gasteiger partial charge on any atom is -0.436 e. The summed E-state index contributed by atoms with van der Waals surface area (Å²) >= 11 is 0. The number of oxazole rings is 1. The summed E-state index contributed by atoms with van der Waals surface area (Å²) in [5, 5.41) is 0. The van der Waals surface area contributed by atoms with Gasteiger partial charge in [0.15, 0.2) is 5.58 Å². The van der Waals surface area contributed by atoms with Gasteiger partial charge in [-0.1, -0.05) is 42.5 Å². The van der Waals surface area contributed by atoms with Gasteiger partial charge in [0.2, 0.25) is 5.89 Å². The Hall–Kier alpha value is -2.87. The highest BCUT2D eigenvalue weighted by Gasteiger charge is 2.10. The molecule has 0 saturated heterocycles. The molecule has 4 aromatic rings. The largest absolute Gasteiger partial charge is 0.436 e. The van der Waals surface area contributed by atoms with E-state index < -0.39 is 0 Å². The van der Waals surface area contributed by atoms with Crippen LogP contribution in [0.2, 0.25) is 0 Å². The Morgan fingerprint density at radius 2 is 1.48 bits per heavy atom. The van der Waals surface area contributed by atoms with Crippen LogP contribution < -0.4 is 0 Å². The van der Waals surface area contributed by atoms with Crippen LogP contribution in [0.25, 0.3) is 33.7 Å². The molecule has 1 aromatic heterocycles. The maximum Gasteiger partial charge on any atom is 0.227 e. The van der Waals surface area contributed by atoms with E-state index in [1.165, 1.54) is 16.7 Å². The Labute approximate surface area is 135 Å². The van der Waals surface area contributed by atoms with Crippen molar-refractivity contribution in [3.8, 4) is 22.6 Å². The molecule has 0 aliphatic rings. The normalized spacial score (nSPS) is 11.0. The molecule has 1 heterocycles. The molecule has 2 heteroatoms. The fourth-order valence-electron chi connectivity index (χ4n) is 2.74. The molecule has 0 spiro atoms. The van der Waals surface area contributed by atoms with Gasteiger partial charge in [0, 0.05) is 5.56 Å². The van der Waals surface area contributed by atoms with Crippen molar-refractivity contribution in [2.75, 3.05) is 0 Å². The van der Waals surface area contributed by atoms with E-state index in [-0.39, 0.29) is 0 Å². The number of hydrogen-bond donors (Lipinski definition) is 0. The molecule has 0 aliphatic carbocycles. The van der Waals surface area contributed by atoms with Gasteiger partial charge < -0.3 is 4.42 Å². The third-order valence-electron chi connectivity index (χ3n) is 4.25. The molecule has 0 fully saturated rings. The molecular weight excluding hydrogens is 282 g/mol. The number of benzene rings is 3. The van der Waals surface area contributed by atoms with Crippen LogP contribution in [0.15, 0.2) is 71.1 Å². The van der Waals surface area contributed by atoms with Crippen molar-refractivity contribution < 1.29 is 4.42 Å². The summed E-state index contributed by atoms with van der Waals surface area (Å²) in [7, 11) is 0. The van der Waals surface area contributed by atoms with E-state index in [0.717, 1.165) is 22.2 Å². The summed E-state index contributed by atoms with van der Waals surface area (Å²) in [6.07, 6.45) is 0. The maximum absolute atomic E-state index is 5.93. The van der Waals surface area contributed by atoms with Gasteiger partial charge in [-0.05, 0) is 60.4 Å². The van der Waals surface area contributed by atoms with Crippen molar-refractivity contribution in [2.45, 2.75) is 13.8 Å². The van der Waals surface area contributed by atoms with E-state index in [2.05, 4.69) is 61.3 Å². The van der Waals surface area contributed by atoms with E-state index in [9.17, 15) is 0 Å². The third-order valence-corrected chi connectivity index (χ3v) is 4.25. The van der Waals surface area contributed by atoms with Gasteiger partial charge in [-0.3, -0.25) is 0 Å². The zero-order valence-corrected chi connectivity index (χ0v) is 13.2. The van der Waals surface area contributed by atoms with Crippen LogP contribution >= 0.6 is 0 Å². The Morgan fingerprint density at radius 3 is 2.26 bits per heavy atom. The van der Waals surface area contributed by atoms with Gasteiger partial charge in [-0.25, -0.2) is 4.98 Å². The molecule has 0 saturated carbocycles. The average molecular weight is 299 g/mol. The number of aromatic nitrogens is 1. The molecule has 0 aliphatic heterocycles. The fraction of sp³-hybridized carbons (Fsp3) is 0.0952. The van der Waals surface area contributed by atoms with Gasteiger partial charge in [-0.2, -0.15) is 0 Å². The molecule has 0 atom stereocenters. The predicted molar refractivity (Wildman–Crippen MR) is 94.4 cm³/mol. The molecule has 23 heavy (non-hydrogen) atoms. The summed E-state index contributed by atoms with van der Waals surface area (Å²) < 4.78 is 5.93. The first kappa shape index (κ1) is 13.8. The first-order valence-electron chi connectivity index (χ1n) is 7.74. The Bertz CT molecular complexity index is 983. The van der Waals surface area contributed by atoms with E-state index in [1.807, 2.05) is 24.3 Å². The number of hydrogen-bond acceptors (Lipinski definition) is 2. The van der Waals surface area contributed by atoms with E-state index in [0.29, 0.717) is 5.89 Å². The quantitative estimate of drug-likeness (QED) is 0.469. The summed E-state index contributed by atoms with van der Waals surface area (Å²) in [5.74, 6) is 0.674. The number of rotatable bonds is 2. The molecule has 112 valence electrons. The molecule has 4 rings (SSSR count). The second-order valence-electron chi connectivity index (χ2n) is 5.87. The highest BCUT2D eigenvalue weighted by molar-refractivity contribution is 5.82. The molecular formula is C21H17NO. The third kappa shape index (κ3) is 2.53. The monoisotopic (exact) mass is 299 g/mol. The van der Waals surface area contributed by atoms with E-state index in [1.54, 1.807) is 0 Å². The average Bonchev–Trinajstić information content (AvgIpc) is 3.01. The highest BCUT2D eigenvalue weighted by Crippen LogP contribution is 2.29. The highest BCUT2D eigenvalue weighted by atomic mass is 16.3. The number of aryl methyl sites for hydroxylation is 2. The number of fused-ring (bicyclic) bond motifs is 1. The summed E-state index contributed by atoms with van der Waals surface area (Å²) in [4.78, 5) is 4.67. The van der Waals surface area contributed by atoms with Gasteiger partial charge >= 0.3 is 0 Å². The van der Waals surface area contributed by atoms with Crippen molar-refractivity contribution in [3.63, 3.8) is 0 Å². The molecule has 0 bridgehead atoms. The standard InChI is InChI=1S/C21H17NO/c1-14-8-9-18(12-15(14)2)21-22-19-13-17(10-11-20(19)23-21)16-6-4-3-5-7-16/h3-13H,1-2H3. The minimum absolute atomic E-state index is 0.674. The first-order chi connectivity index (χ1) is 11.2. The zero-order valence-electron chi connectivity index (χ0n) is 13.2. The van der Waals surface area contributed by atoms with Crippen LogP contribution in [0.1, 0.15) is 11.1 Å². The lowest BCUT2D eigenvalue weighted by Crippen LogP contribution is -1.83. The topological polar surface area (TPSA) is 26.0 Å². The molecule has 3 aromatic carbocycles. The zero-order chi connectivity index (χ0) is 15.8. The summed E-state index contributed by atoms with van der Waals surface area (Å²) in [6.45, 7) is 4.21. The van der Waals surface area contributed by atoms with Crippen LogP contribution in [0.4, 0.5) is 0 Å². The van der Waals surface area contributed by atoms with Crippen LogP contribution in [0.5, 0.6) is 0 Å². The van der Waals surface area contributed by atoms with E-state index >= 15 is 0 Å². The minimum atomic E-state index is 0.674. The molecule has 0 radical (unpaired) electrons. The van der Waals surface area contributed by atoms with Gasteiger partial charge in [0.25, 0.3) is 0 Å². The smallest absolute Gasteiger partial charge is 0.227 e.